The molecule has 0 aromatic rings. The Morgan fingerprint density at radius 2 is 0.0455 bits per heavy atom. The third-order valence-electron chi connectivity index (χ3n) is 0. The lowest BCUT2D eigenvalue weighted by atomic mass is 16.0. The SMILES string of the molecule is O.O.O.O.O.O.O.O.O.O.O.O.O.O.O.O.O.O.O.O.O.O. The number of hydrogen-bond donors (Lipinski definition) is 0. The molecule has 0 radical (unpaired) electrons. The van der Waals surface area contributed by atoms with Gasteiger partial charge in [-0.1, -0.05) is 0 Å². The van der Waals surface area contributed by atoms with E-state index in [1.807, 2.05) is 0 Å². The molecule has 0 aliphatic rings. The molecule has 0 rings (SSSR count). The highest BCUT2D eigenvalue weighted by Gasteiger charge is -0.391. The largest absolute Gasteiger partial charge is 0.412 e. The van der Waals surface area contributed by atoms with Gasteiger partial charge in [0, 0.05) is 0 Å². The minimum Gasteiger partial charge on any atom is -0.412 e. The minimum atomic E-state index is 0. The van der Waals surface area contributed by atoms with Crippen molar-refractivity contribution < 1.29 is 120 Å². The summed E-state index contributed by atoms with van der Waals surface area (Å²) < 4.78 is 0. The average Bonchev–Trinajstić information content (AvgIpc) is 0. The Hall–Kier alpha value is -0.880. The van der Waals surface area contributed by atoms with Gasteiger partial charge in [-0.3, -0.25) is 0 Å². The second kappa shape index (κ2) is 9500. The summed E-state index contributed by atoms with van der Waals surface area (Å²) in [6.45, 7) is 0. The monoisotopic (exact) mass is 396 g/mol. The van der Waals surface area contributed by atoms with Gasteiger partial charge in [0.15, 0.2) is 0 Å². The van der Waals surface area contributed by atoms with Gasteiger partial charge in [0.05, 0.1) is 0 Å². The molecule has 0 unspecified atom stereocenters. The molecular formula is H44O22. The predicted octanol–water partition coefficient (Wildman–Crippen LogP) is -18.1. The molecule has 0 aliphatic heterocycles. The minimum absolute atomic E-state index is 0. The van der Waals surface area contributed by atoms with Crippen molar-refractivity contribution >= 4 is 0 Å². The second-order valence-corrected chi connectivity index (χ2v) is 0. The maximum atomic E-state index is 0. The first-order valence-electron chi connectivity index (χ1n) is 0. The van der Waals surface area contributed by atoms with Crippen LogP contribution in [0.5, 0.6) is 0 Å². The molecule has 0 atom stereocenters. The van der Waals surface area contributed by atoms with E-state index in [-0.39, 0.29) is 120 Å². The third kappa shape index (κ3) is 8110. The molecule has 0 aliphatic carbocycles. The van der Waals surface area contributed by atoms with Crippen molar-refractivity contribution in [2.75, 3.05) is 0 Å². The zero-order chi connectivity index (χ0) is 0. The molecular weight excluding hydrogens is 352 g/mol. The fourth-order valence-electron chi connectivity index (χ4n) is 0. The van der Waals surface area contributed by atoms with Gasteiger partial charge in [0.2, 0.25) is 0 Å². The molecule has 0 bridgehead atoms. The van der Waals surface area contributed by atoms with Crippen molar-refractivity contribution in [1.29, 1.82) is 0 Å². The molecule has 22 heavy (non-hydrogen) atoms. The Bertz CT molecular complexity index is 0. The smallest absolute Gasteiger partial charge is 0.412 e. The van der Waals surface area contributed by atoms with E-state index < -0.39 is 0 Å². The maximum Gasteiger partial charge on any atom is -0.412 e. The Labute approximate surface area is 122 Å². The van der Waals surface area contributed by atoms with Crippen molar-refractivity contribution in [2.24, 2.45) is 0 Å². The molecule has 0 aromatic carbocycles. The summed E-state index contributed by atoms with van der Waals surface area (Å²) in [5.41, 5.74) is 0. The molecule has 0 saturated heterocycles. The van der Waals surface area contributed by atoms with Gasteiger partial charge in [0.1, 0.15) is 0 Å². The summed E-state index contributed by atoms with van der Waals surface area (Å²) in [5, 5.41) is 0. The first kappa shape index (κ1) is 11000. The van der Waals surface area contributed by atoms with Gasteiger partial charge < -0.3 is 120 Å². The lowest BCUT2D eigenvalue weighted by molar-refractivity contribution is 0.823. The van der Waals surface area contributed by atoms with Crippen LogP contribution in [0.15, 0.2) is 0 Å². The Kier molecular flexibility index (Phi) is 4770000. The van der Waals surface area contributed by atoms with Crippen LogP contribution in [0, 0.1) is 0 Å². The molecule has 0 fully saturated rings. The van der Waals surface area contributed by atoms with Gasteiger partial charge in [0.25, 0.3) is 0 Å². The highest BCUT2D eigenvalue weighted by molar-refractivity contribution is 0.845. The highest BCUT2D eigenvalue weighted by Crippen LogP contribution is -0.268. The lowest BCUT2D eigenvalue weighted by Crippen LogP contribution is -0.290. The normalized spacial score (nSPS) is 0. The topological polar surface area (TPSA) is 693 Å². The van der Waals surface area contributed by atoms with E-state index in [1.165, 1.54) is 0 Å². The van der Waals surface area contributed by atoms with Crippen LogP contribution in [-0.2, 0) is 0 Å². The van der Waals surface area contributed by atoms with Gasteiger partial charge in [-0.25, -0.2) is 0 Å². The second-order valence-electron chi connectivity index (χ2n) is 0. The van der Waals surface area contributed by atoms with Gasteiger partial charge in [-0.05, 0) is 0 Å². The molecule has 44 N–H and O–H groups in total. The van der Waals surface area contributed by atoms with E-state index in [0.717, 1.165) is 0 Å². The van der Waals surface area contributed by atoms with Crippen LogP contribution in [-0.4, -0.2) is 120 Å². The zero-order valence-corrected chi connectivity index (χ0v) is 11.0. The Balaban J connectivity index is 0. The van der Waals surface area contributed by atoms with E-state index in [2.05, 4.69) is 0 Å². The third-order valence-corrected chi connectivity index (χ3v) is 0. The van der Waals surface area contributed by atoms with Crippen molar-refractivity contribution in [2.45, 2.75) is 0 Å². The average molecular weight is 396 g/mol. The molecule has 0 heterocycles. The first-order chi connectivity index (χ1) is 0. The predicted molar refractivity (Wildman–Crippen MR) is 79.5 cm³/mol. The summed E-state index contributed by atoms with van der Waals surface area (Å²) in [7, 11) is 0. The Morgan fingerprint density at radius 1 is 0.0455 bits per heavy atom. The van der Waals surface area contributed by atoms with Gasteiger partial charge in [-0.2, -0.15) is 0 Å². The van der Waals surface area contributed by atoms with Crippen LogP contribution in [0.3, 0.4) is 0 Å². The van der Waals surface area contributed by atoms with Crippen LogP contribution in [0.1, 0.15) is 0 Å². The molecule has 22 nitrogen and oxygen atoms in total. The number of hydrogen-bond acceptors (Lipinski definition) is 0. The summed E-state index contributed by atoms with van der Waals surface area (Å²) in [4.78, 5) is 0. The molecule has 0 spiro atoms. The fraction of sp³-hybridized carbons (Fsp3) is 0. The molecule has 0 aromatic heterocycles. The van der Waals surface area contributed by atoms with Crippen molar-refractivity contribution in [3.8, 4) is 0 Å². The van der Waals surface area contributed by atoms with E-state index >= 15 is 0 Å². The standard InChI is InChI=1S/22H2O/h22*1H2. The Morgan fingerprint density at radius 3 is 0.0455 bits per heavy atom. The maximum absolute atomic E-state index is 0. The van der Waals surface area contributed by atoms with Crippen LogP contribution >= 0.6 is 0 Å². The summed E-state index contributed by atoms with van der Waals surface area (Å²) in [5.74, 6) is 0. The fourth-order valence-corrected chi connectivity index (χ4v) is 0. The molecule has 176 valence electrons. The van der Waals surface area contributed by atoms with Crippen molar-refractivity contribution in [1.82, 2.24) is 0 Å². The van der Waals surface area contributed by atoms with E-state index in [4.69, 9.17) is 0 Å². The van der Waals surface area contributed by atoms with Crippen LogP contribution in [0.4, 0.5) is 0 Å². The quantitative estimate of drug-likeness (QED) is 0.367. The van der Waals surface area contributed by atoms with E-state index in [1.54, 1.807) is 0 Å². The van der Waals surface area contributed by atoms with Crippen molar-refractivity contribution in [3.63, 3.8) is 0 Å². The van der Waals surface area contributed by atoms with Crippen LogP contribution in [0.25, 0.3) is 0 Å². The molecule has 22 heteroatoms. The summed E-state index contributed by atoms with van der Waals surface area (Å²) >= 11 is 0. The number of rotatable bonds is 0. The highest BCUT2D eigenvalue weighted by atomic mass is 16.0. The van der Waals surface area contributed by atoms with E-state index in [9.17, 15) is 0 Å². The van der Waals surface area contributed by atoms with Gasteiger partial charge in [-0.15, -0.1) is 0 Å². The van der Waals surface area contributed by atoms with Crippen molar-refractivity contribution in [3.05, 3.63) is 0 Å². The van der Waals surface area contributed by atoms with Gasteiger partial charge >= 0.3 is 0 Å². The molecule has 0 saturated carbocycles. The first-order valence-corrected chi connectivity index (χ1v) is 0. The van der Waals surface area contributed by atoms with E-state index in [0.29, 0.717) is 0 Å². The summed E-state index contributed by atoms with van der Waals surface area (Å²) in [6.07, 6.45) is 0. The lowest BCUT2D eigenvalue weighted by Gasteiger charge is -0.413. The zero-order valence-electron chi connectivity index (χ0n) is 11.0. The summed E-state index contributed by atoms with van der Waals surface area (Å²) in [6, 6.07) is 0. The van der Waals surface area contributed by atoms with Crippen LogP contribution < -0.4 is 0 Å². The van der Waals surface area contributed by atoms with Crippen LogP contribution in [0.2, 0.25) is 0 Å². The molecule has 0 amide bonds.